The molecule has 0 radical (unpaired) electrons. The summed E-state index contributed by atoms with van der Waals surface area (Å²) in [6.45, 7) is 8.66. The molecule has 1 aromatic heterocycles. The lowest BCUT2D eigenvalue weighted by atomic mass is 10.2. The minimum atomic E-state index is -0.388. The SMILES string of the molecule is CCNC(=NCc1cc(C(=O)OC)c(C)o1)N1CCN(c2ccccc2)CC1.I. The summed E-state index contributed by atoms with van der Waals surface area (Å²) in [6, 6.07) is 12.2. The molecule has 7 nitrogen and oxygen atoms in total. The summed E-state index contributed by atoms with van der Waals surface area (Å²) >= 11 is 0. The van der Waals surface area contributed by atoms with E-state index in [1.54, 1.807) is 13.0 Å². The Morgan fingerprint density at radius 2 is 1.90 bits per heavy atom. The monoisotopic (exact) mass is 512 g/mol. The molecule has 2 heterocycles. The number of nitrogens with one attached hydrogen (secondary N) is 1. The third-order valence-corrected chi connectivity index (χ3v) is 4.79. The van der Waals surface area contributed by atoms with Crippen molar-refractivity contribution in [3.05, 3.63) is 53.5 Å². The molecule has 0 unspecified atom stereocenters. The number of methoxy groups -OCH3 is 1. The second-order valence-electron chi connectivity index (χ2n) is 6.65. The number of carbonyl (C=O) groups is 1. The van der Waals surface area contributed by atoms with Gasteiger partial charge in [-0.1, -0.05) is 18.2 Å². The van der Waals surface area contributed by atoms with Gasteiger partial charge in [0.05, 0.1) is 7.11 Å². The fourth-order valence-corrected chi connectivity index (χ4v) is 3.33. The Kier molecular flexibility index (Phi) is 8.81. The van der Waals surface area contributed by atoms with Crippen LogP contribution in [0, 0.1) is 6.92 Å². The molecule has 1 aliphatic rings. The topological polar surface area (TPSA) is 70.3 Å². The zero-order chi connectivity index (χ0) is 19.9. The van der Waals surface area contributed by atoms with Crippen molar-refractivity contribution in [1.29, 1.82) is 0 Å². The maximum atomic E-state index is 11.7. The second kappa shape index (κ2) is 11.1. The lowest BCUT2D eigenvalue weighted by Gasteiger charge is -2.37. The summed E-state index contributed by atoms with van der Waals surface area (Å²) in [5.41, 5.74) is 1.71. The molecule has 1 aliphatic heterocycles. The number of para-hydroxylation sites is 1. The Balaban J connectivity index is 0.00000300. The first kappa shape index (κ1) is 23.1. The minimum absolute atomic E-state index is 0. The Morgan fingerprint density at radius 1 is 1.21 bits per heavy atom. The van der Waals surface area contributed by atoms with Gasteiger partial charge in [0.1, 0.15) is 23.6 Å². The number of carbonyl (C=O) groups excluding carboxylic acids is 1. The zero-order valence-corrected chi connectivity index (χ0v) is 19.5. The van der Waals surface area contributed by atoms with Crippen LogP contribution in [-0.4, -0.2) is 56.7 Å². The number of hydrogen-bond acceptors (Lipinski definition) is 5. The summed E-state index contributed by atoms with van der Waals surface area (Å²) in [5, 5.41) is 3.36. The van der Waals surface area contributed by atoms with Crippen LogP contribution in [-0.2, 0) is 11.3 Å². The molecule has 29 heavy (non-hydrogen) atoms. The van der Waals surface area contributed by atoms with E-state index in [1.807, 2.05) is 6.07 Å². The minimum Gasteiger partial charge on any atom is -0.465 e. The van der Waals surface area contributed by atoms with Crippen LogP contribution in [0.1, 0.15) is 28.8 Å². The van der Waals surface area contributed by atoms with Gasteiger partial charge in [0, 0.05) is 38.4 Å². The van der Waals surface area contributed by atoms with Crippen LogP contribution in [0.15, 0.2) is 45.8 Å². The van der Waals surface area contributed by atoms with Crippen molar-refractivity contribution >= 4 is 41.6 Å². The maximum absolute atomic E-state index is 11.7. The highest BCUT2D eigenvalue weighted by atomic mass is 127. The van der Waals surface area contributed by atoms with E-state index in [9.17, 15) is 4.79 Å². The summed E-state index contributed by atoms with van der Waals surface area (Å²) in [6.07, 6.45) is 0. The van der Waals surface area contributed by atoms with Crippen LogP contribution in [0.2, 0.25) is 0 Å². The maximum Gasteiger partial charge on any atom is 0.341 e. The van der Waals surface area contributed by atoms with Gasteiger partial charge in [-0.25, -0.2) is 9.79 Å². The van der Waals surface area contributed by atoms with Crippen molar-refractivity contribution in [3.8, 4) is 0 Å². The fraction of sp³-hybridized carbons (Fsp3) is 0.429. The van der Waals surface area contributed by atoms with Gasteiger partial charge in [0.2, 0.25) is 0 Å². The molecule has 1 fully saturated rings. The number of nitrogens with zero attached hydrogens (tertiary/aromatic N) is 3. The molecule has 0 atom stereocenters. The highest BCUT2D eigenvalue weighted by molar-refractivity contribution is 14.0. The number of benzene rings is 1. The van der Waals surface area contributed by atoms with E-state index >= 15 is 0 Å². The van der Waals surface area contributed by atoms with Crippen molar-refractivity contribution in [1.82, 2.24) is 10.2 Å². The van der Waals surface area contributed by atoms with Crippen LogP contribution in [0.4, 0.5) is 5.69 Å². The molecule has 158 valence electrons. The van der Waals surface area contributed by atoms with E-state index in [-0.39, 0.29) is 29.9 Å². The van der Waals surface area contributed by atoms with Gasteiger partial charge in [-0.15, -0.1) is 24.0 Å². The molecular formula is C21H29IN4O3. The van der Waals surface area contributed by atoms with Crippen LogP contribution < -0.4 is 10.2 Å². The van der Waals surface area contributed by atoms with Gasteiger partial charge < -0.3 is 24.3 Å². The van der Waals surface area contributed by atoms with Gasteiger partial charge >= 0.3 is 5.97 Å². The third-order valence-electron chi connectivity index (χ3n) is 4.79. The summed E-state index contributed by atoms with van der Waals surface area (Å²) in [7, 11) is 1.37. The molecule has 1 N–H and O–H groups in total. The first-order valence-electron chi connectivity index (χ1n) is 9.63. The number of piperazine rings is 1. The van der Waals surface area contributed by atoms with Crippen LogP contribution >= 0.6 is 24.0 Å². The van der Waals surface area contributed by atoms with Crippen LogP contribution in [0.5, 0.6) is 0 Å². The van der Waals surface area contributed by atoms with Crippen molar-refractivity contribution in [2.75, 3.05) is 44.7 Å². The molecule has 0 amide bonds. The number of hydrogen-bond donors (Lipinski definition) is 1. The van der Waals surface area contributed by atoms with Gasteiger partial charge in [-0.3, -0.25) is 0 Å². The van der Waals surface area contributed by atoms with Gasteiger partial charge in [0.25, 0.3) is 0 Å². The normalized spacial score (nSPS) is 14.4. The Morgan fingerprint density at radius 3 is 2.52 bits per heavy atom. The molecule has 1 saturated heterocycles. The lowest BCUT2D eigenvalue weighted by Crippen LogP contribution is -2.52. The van der Waals surface area contributed by atoms with E-state index in [1.165, 1.54) is 12.8 Å². The molecule has 0 bridgehead atoms. The molecule has 0 spiro atoms. The van der Waals surface area contributed by atoms with Crippen molar-refractivity contribution in [2.24, 2.45) is 4.99 Å². The number of aryl methyl sites for hydroxylation is 1. The highest BCUT2D eigenvalue weighted by Gasteiger charge is 2.20. The average Bonchev–Trinajstić information content (AvgIpc) is 3.12. The van der Waals surface area contributed by atoms with Crippen molar-refractivity contribution < 1.29 is 13.9 Å². The van der Waals surface area contributed by atoms with Gasteiger partial charge in [-0.05, 0) is 32.0 Å². The number of anilines is 1. The molecule has 3 rings (SSSR count). The molecule has 8 heteroatoms. The van der Waals surface area contributed by atoms with E-state index in [0.717, 1.165) is 38.7 Å². The number of halogens is 1. The Bertz CT molecular complexity index is 815. The highest BCUT2D eigenvalue weighted by Crippen LogP contribution is 2.18. The van der Waals surface area contributed by atoms with E-state index in [2.05, 4.69) is 46.3 Å². The number of guanidine groups is 1. The van der Waals surface area contributed by atoms with Crippen LogP contribution in [0.3, 0.4) is 0 Å². The second-order valence-corrected chi connectivity index (χ2v) is 6.65. The molecule has 0 aliphatic carbocycles. The number of esters is 1. The predicted octanol–water partition coefficient (Wildman–Crippen LogP) is 3.28. The smallest absolute Gasteiger partial charge is 0.341 e. The standard InChI is InChI=1S/C21H28N4O3.HI/c1-4-22-21(23-15-18-14-19(16(2)28-18)20(26)27-3)25-12-10-24(11-13-25)17-8-6-5-7-9-17;/h5-9,14H,4,10-13,15H2,1-3H3,(H,22,23);1H. The van der Waals surface area contributed by atoms with Crippen molar-refractivity contribution in [3.63, 3.8) is 0 Å². The number of rotatable bonds is 5. The van der Waals surface area contributed by atoms with Crippen LogP contribution in [0.25, 0.3) is 0 Å². The molecule has 2 aromatic rings. The third kappa shape index (κ3) is 5.88. The quantitative estimate of drug-likeness (QED) is 0.287. The molecule has 1 aromatic carbocycles. The van der Waals surface area contributed by atoms with E-state index < -0.39 is 0 Å². The van der Waals surface area contributed by atoms with Crippen molar-refractivity contribution in [2.45, 2.75) is 20.4 Å². The number of ether oxygens (including phenoxy) is 1. The number of furan rings is 1. The first-order chi connectivity index (χ1) is 13.6. The van der Waals surface area contributed by atoms with E-state index in [0.29, 0.717) is 23.6 Å². The van der Waals surface area contributed by atoms with Gasteiger partial charge in [-0.2, -0.15) is 0 Å². The fourth-order valence-electron chi connectivity index (χ4n) is 3.33. The number of aliphatic imine (C=N–C) groups is 1. The average molecular weight is 512 g/mol. The largest absolute Gasteiger partial charge is 0.465 e. The summed E-state index contributed by atoms with van der Waals surface area (Å²) < 4.78 is 10.4. The Labute approximate surface area is 189 Å². The molecular weight excluding hydrogens is 483 g/mol. The summed E-state index contributed by atoms with van der Waals surface area (Å²) in [4.78, 5) is 21.1. The predicted molar refractivity (Wildman–Crippen MR) is 125 cm³/mol. The zero-order valence-electron chi connectivity index (χ0n) is 17.2. The van der Waals surface area contributed by atoms with E-state index in [4.69, 9.17) is 14.1 Å². The lowest BCUT2D eigenvalue weighted by molar-refractivity contribution is 0.0599. The first-order valence-corrected chi connectivity index (χ1v) is 9.63. The molecule has 0 saturated carbocycles. The van der Waals surface area contributed by atoms with Gasteiger partial charge in [0.15, 0.2) is 5.96 Å². The Hall–Kier alpha value is -2.23. The summed E-state index contributed by atoms with van der Waals surface area (Å²) in [5.74, 6) is 1.68.